The third-order valence-electron chi connectivity index (χ3n) is 1.96. The second-order valence-corrected chi connectivity index (χ2v) is 3.12. The quantitative estimate of drug-likeness (QED) is 0.786. The van der Waals surface area contributed by atoms with E-state index in [1.807, 2.05) is 0 Å². The summed E-state index contributed by atoms with van der Waals surface area (Å²) >= 11 is 0. The average molecular weight is 212 g/mol. The highest BCUT2D eigenvalue weighted by molar-refractivity contribution is 5.82. The maximum atomic E-state index is 13.2. The number of rotatable bonds is 4. The summed E-state index contributed by atoms with van der Waals surface area (Å²) in [6, 6.07) is 3.79. The summed E-state index contributed by atoms with van der Waals surface area (Å²) in [5.74, 6) is -0.822. The Labute approximate surface area is 87.2 Å². The second-order valence-electron chi connectivity index (χ2n) is 3.12. The van der Waals surface area contributed by atoms with E-state index in [1.54, 1.807) is 13.0 Å². The third-order valence-corrected chi connectivity index (χ3v) is 1.96. The van der Waals surface area contributed by atoms with E-state index in [-0.39, 0.29) is 5.75 Å². The minimum Gasteiger partial charge on any atom is -0.494 e. The molecule has 0 bridgehead atoms. The van der Waals surface area contributed by atoms with Gasteiger partial charge >= 0.3 is 0 Å². The molecule has 0 aromatic heterocycles. The molecule has 0 radical (unpaired) electrons. The molecule has 3 N–H and O–H groups in total. The highest BCUT2D eigenvalue weighted by Gasteiger charge is 2.09. The molecule has 0 saturated carbocycles. The Morgan fingerprint density at radius 1 is 1.60 bits per heavy atom. The van der Waals surface area contributed by atoms with Gasteiger partial charge in [-0.3, -0.25) is 4.79 Å². The monoisotopic (exact) mass is 212 g/mol. The number of primary amides is 1. The Kier molecular flexibility index (Phi) is 3.49. The number of carbonyl (C=O) groups is 1. The van der Waals surface area contributed by atoms with Gasteiger partial charge in [0, 0.05) is 11.8 Å². The van der Waals surface area contributed by atoms with Crippen molar-refractivity contribution in [1.29, 1.82) is 0 Å². The van der Waals surface area contributed by atoms with Crippen LogP contribution < -0.4 is 15.8 Å². The Balaban J connectivity index is 2.79. The zero-order valence-corrected chi connectivity index (χ0v) is 8.58. The molecule has 82 valence electrons. The summed E-state index contributed by atoms with van der Waals surface area (Å²) in [5, 5.41) is 2.76. The van der Waals surface area contributed by atoms with E-state index in [0.29, 0.717) is 5.69 Å². The molecule has 15 heavy (non-hydrogen) atoms. The summed E-state index contributed by atoms with van der Waals surface area (Å²) in [7, 11) is 1.39. The van der Waals surface area contributed by atoms with Crippen molar-refractivity contribution in [3.63, 3.8) is 0 Å². The molecule has 1 rings (SSSR count). The van der Waals surface area contributed by atoms with Crippen LogP contribution in [-0.4, -0.2) is 19.1 Å². The first-order valence-electron chi connectivity index (χ1n) is 4.44. The zero-order chi connectivity index (χ0) is 11.4. The van der Waals surface area contributed by atoms with Gasteiger partial charge in [0.1, 0.15) is 6.04 Å². The van der Waals surface area contributed by atoms with Gasteiger partial charge in [-0.05, 0) is 19.1 Å². The van der Waals surface area contributed by atoms with Gasteiger partial charge in [-0.25, -0.2) is 4.39 Å². The molecule has 0 spiro atoms. The molecule has 0 fully saturated rings. The number of ether oxygens (including phenoxy) is 1. The molecular formula is C10H13FN2O2. The lowest BCUT2D eigenvalue weighted by Crippen LogP contribution is -2.32. The van der Waals surface area contributed by atoms with Crippen LogP contribution in [-0.2, 0) is 4.79 Å². The fourth-order valence-corrected chi connectivity index (χ4v) is 1.08. The number of nitrogens with two attached hydrogens (primary N) is 1. The standard InChI is InChI=1S/C10H13FN2O2/c1-6(10(12)14)13-7-3-4-9(15-2)8(11)5-7/h3-6,13H,1-2H3,(H2,12,14). The van der Waals surface area contributed by atoms with E-state index < -0.39 is 17.8 Å². The molecular weight excluding hydrogens is 199 g/mol. The normalized spacial score (nSPS) is 11.9. The molecule has 0 saturated heterocycles. The van der Waals surface area contributed by atoms with Gasteiger partial charge in [0.05, 0.1) is 7.11 Å². The molecule has 4 nitrogen and oxygen atoms in total. The van der Waals surface area contributed by atoms with E-state index in [1.165, 1.54) is 19.2 Å². The number of amides is 1. The van der Waals surface area contributed by atoms with Crippen LogP contribution >= 0.6 is 0 Å². The molecule has 1 aromatic carbocycles. The van der Waals surface area contributed by atoms with E-state index in [9.17, 15) is 9.18 Å². The Morgan fingerprint density at radius 2 is 2.27 bits per heavy atom. The molecule has 5 heteroatoms. The van der Waals surface area contributed by atoms with Gasteiger partial charge in [0.2, 0.25) is 5.91 Å². The van der Waals surface area contributed by atoms with Gasteiger partial charge in [-0.2, -0.15) is 0 Å². The van der Waals surface area contributed by atoms with E-state index in [0.717, 1.165) is 0 Å². The summed E-state index contributed by atoms with van der Waals surface area (Å²) in [6.45, 7) is 1.60. The van der Waals surface area contributed by atoms with E-state index in [2.05, 4.69) is 5.32 Å². The van der Waals surface area contributed by atoms with Gasteiger partial charge in [-0.15, -0.1) is 0 Å². The smallest absolute Gasteiger partial charge is 0.239 e. The van der Waals surface area contributed by atoms with Crippen LogP contribution in [0.3, 0.4) is 0 Å². The van der Waals surface area contributed by atoms with Crippen molar-refractivity contribution >= 4 is 11.6 Å². The van der Waals surface area contributed by atoms with Crippen LogP contribution in [0.15, 0.2) is 18.2 Å². The third kappa shape index (κ3) is 2.83. The summed E-state index contributed by atoms with van der Waals surface area (Å²) < 4.78 is 18.0. The fraction of sp³-hybridized carbons (Fsp3) is 0.300. The molecule has 1 amide bonds. The van der Waals surface area contributed by atoms with Crippen LogP contribution in [0.25, 0.3) is 0 Å². The van der Waals surface area contributed by atoms with Gasteiger partial charge in [0.15, 0.2) is 11.6 Å². The maximum absolute atomic E-state index is 13.2. The van der Waals surface area contributed by atoms with Crippen LogP contribution in [0.4, 0.5) is 10.1 Å². The van der Waals surface area contributed by atoms with Crippen molar-refractivity contribution in [2.75, 3.05) is 12.4 Å². The van der Waals surface area contributed by atoms with Crippen molar-refractivity contribution < 1.29 is 13.9 Å². The highest BCUT2D eigenvalue weighted by Crippen LogP contribution is 2.20. The molecule has 1 aromatic rings. The topological polar surface area (TPSA) is 64.3 Å². The summed E-state index contributed by atoms with van der Waals surface area (Å²) in [6.07, 6.45) is 0. The number of hydrogen-bond acceptors (Lipinski definition) is 3. The second kappa shape index (κ2) is 4.63. The Hall–Kier alpha value is -1.78. The van der Waals surface area contributed by atoms with Gasteiger partial charge < -0.3 is 15.8 Å². The van der Waals surface area contributed by atoms with Crippen molar-refractivity contribution in [2.45, 2.75) is 13.0 Å². The Morgan fingerprint density at radius 3 is 2.73 bits per heavy atom. The van der Waals surface area contributed by atoms with Crippen molar-refractivity contribution in [2.24, 2.45) is 5.73 Å². The number of anilines is 1. The van der Waals surface area contributed by atoms with Crippen LogP contribution in [0.1, 0.15) is 6.92 Å². The number of nitrogens with one attached hydrogen (secondary N) is 1. The van der Waals surface area contributed by atoms with Crippen molar-refractivity contribution in [1.82, 2.24) is 0 Å². The minimum atomic E-state index is -0.544. The molecule has 0 heterocycles. The van der Waals surface area contributed by atoms with Gasteiger partial charge in [-0.1, -0.05) is 0 Å². The predicted octanol–water partition coefficient (Wildman–Crippen LogP) is 1.12. The molecule has 0 aliphatic heterocycles. The number of methoxy groups -OCH3 is 1. The number of benzene rings is 1. The fourth-order valence-electron chi connectivity index (χ4n) is 1.08. The van der Waals surface area contributed by atoms with Gasteiger partial charge in [0.25, 0.3) is 0 Å². The molecule has 0 aliphatic rings. The zero-order valence-electron chi connectivity index (χ0n) is 8.58. The number of hydrogen-bond donors (Lipinski definition) is 2. The van der Waals surface area contributed by atoms with Crippen LogP contribution in [0.5, 0.6) is 5.75 Å². The Bertz CT molecular complexity index is 368. The van der Waals surface area contributed by atoms with E-state index >= 15 is 0 Å². The highest BCUT2D eigenvalue weighted by atomic mass is 19.1. The first-order chi connectivity index (χ1) is 7.04. The lowest BCUT2D eigenvalue weighted by Gasteiger charge is -2.12. The summed E-state index contributed by atoms with van der Waals surface area (Å²) in [5.41, 5.74) is 5.54. The minimum absolute atomic E-state index is 0.160. The number of halogens is 1. The van der Waals surface area contributed by atoms with Crippen molar-refractivity contribution in [3.8, 4) is 5.75 Å². The molecule has 1 unspecified atom stereocenters. The first-order valence-corrected chi connectivity index (χ1v) is 4.44. The van der Waals surface area contributed by atoms with Crippen LogP contribution in [0.2, 0.25) is 0 Å². The summed E-state index contributed by atoms with van der Waals surface area (Å²) in [4.78, 5) is 10.8. The molecule has 0 aliphatic carbocycles. The largest absolute Gasteiger partial charge is 0.494 e. The van der Waals surface area contributed by atoms with Crippen molar-refractivity contribution in [3.05, 3.63) is 24.0 Å². The predicted molar refractivity (Wildman–Crippen MR) is 55.2 cm³/mol. The SMILES string of the molecule is COc1ccc(NC(C)C(N)=O)cc1F. The lowest BCUT2D eigenvalue weighted by atomic mass is 10.2. The first kappa shape index (κ1) is 11.3. The molecule has 1 atom stereocenters. The van der Waals surface area contributed by atoms with E-state index in [4.69, 9.17) is 10.5 Å². The van der Waals surface area contributed by atoms with Crippen LogP contribution in [0, 0.1) is 5.82 Å². The average Bonchev–Trinajstić information content (AvgIpc) is 2.18. The number of carbonyl (C=O) groups excluding carboxylic acids is 1. The maximum Gasteiger partial charge on any atom is 0.239 e. The lowest BCUT2D eigenvalue weighted by molar-refractivity contribution is -0.118.